The summed E-state index contributed by atoms with van der Waals surface area (Å²) in [5, 5.41) is 5.68. The average Bonchev–Trinajstić information content (AvgIpc) is 3.27. The number of nitrogens with one attached hydrogen (secondary N) is 1. The lowest BCUT2D eigenvalue weighted by Crippen LogP contribution is -2.38. The molecule has 4 rings (SSSR count). The van der Waals surface area contributed by atoms with Gasteiger partial charge in [-0.05, 0) is 56.3 Å². The highest BCUT2D eigenvalue weighted by molar-refractivity contribution is 5.98. The second kappa shape index (κ2) is 5.82. The number of rotatable bonds is 3. The third-order valence-electron chi connectivity index (χ3n) is 4.93. The molecule has 1 aliphatic rings. The Morgan fingerprint density at radius 3 is 2.96 bits per heavy atom. The van der Waals surface area contributed by atoms with Crippen molar-refractivity contribution >= 4 is 16.8 Å². The lowest BCUT2D eigenvalue weighted by Gasteiger charge is -2.25. The second-order valence-electron chi connectivity index (χ2n) is 6.68. The van der Waals surface area contributed by atoms with E-state index in [2.05, 4.69) is 23.1 Å². The normalized spacial score (nSPS) is 17.8. The predicted octanol–water partition coefficient (Wildman–Crippen LogP) is 3.29. The summed E-state index contributed by atoms with van der Waals surface area (Å²) >= 11 is 0. The summed E-state index contributed by atoms with van der Waals surface area (Å²) < 4.78 is 2.03. The van der Waals surface area contributed by atoms with Crippen LogP contribution in [0.15, 0.2) is 36.5 Å². The summed E-state index contributed by atoms with van der Waals surface area (Å²) in [5.41, 5.74) is 3.94. The van der Waals surface area contributed by atoms with E-state index < -0.39 is 0 Å². The highest BCUT2D eigenvalue weighted by Gasteiger charge is 2.30. The molecule has 0 spiro atoms. The Kier molecular flexibility index (Phi) is 3.63. The monoisotopic (exact) mass is 322 g/mol. The summed E-state index contributed by atoms with van der Waals surface area (Å²) in [5.74, 6) is 0.121. The summed E-state index contributed by atoms with van der Waals surface area (Å²) in [7, 11) is 0. The van der Waals surface area contributed by atoms with Gasteiger partial charge in [-0.3, -0.25) is 9.48 Å². The third kappa shape index (κ3) is 2.60. The van der Waals surface area contributed by atoms with E-state index in [1.807, 2.05) is 47.0 Å². The molecule has 1 atom stereocenters. The Hall–Kier alpha value is -2.56. The van der Waals surface area contributed by atoms with Gasteiger partial charge in [0.15, 0.2) is 0 Å². The first kappa shape index (κ1) is 15.0. The topological polar surface area (TPSA) is 53.9 Å². The zero-order chi connectivity index (χ0) is 16.7. The molecule has 24 heavy (non-hydrogen) atoms. The van der Waals surface area contributed by atoms with E-state index in [0.717, 1.165) is 53.8 Å². The lowest BCUT2D eigenvalue weighted by atomic mass is 10.1. The Bertz CT molecular complexity index is 892. The van der Waals surface area contributed by atoms with Gasteiger partial charge in [-0.15, -0.1) is 0 Å². The molecule has 0 unspecified atom stereocenters. The largest absolute Gasteiger partial charge is 0.361 e. The molecule has 5 heteroatoms. The molecule has 1 amide bonds. The van der Waals surface area contributed by atoms with Gasteiger partial charge in [0.1, 0.15) is 0 Å². The summed E-state index contributed by atoms with van der Waals surface area (Å²) in [6.07, 6.45) is 4.00. The number of fused-ring (bicyclic) bond motifs is 1. The first-order valence-corrected chi connectivity index (χ1v) is 8.51. The molecule has 1 N–H and O–H groups in total. The number of benzene rings is 1. The molecule has 0 saturated carbocycles. The van der Waals surface area contributed by atoms with Gasteiger partial charge in [0, 0.05) is 29.5 Å². The molecule has 1 aromatic carbocycles. The van der Waals surface area contributed by atoms with Crippen molar-refractivity contribution in [2.75, 3.05) is 6.54 Å². The minimum absolute atomic E-state index is 0.121. The van der Waals surface area contributed by atoms with Crippen molar-refractivity contribution in [3.63, 3.8) is 0 Å². The number of H-pyrrole nitrogens is 1. The maximum absolute atomic E-state index is 13.0. The number of aromatic amines is 1. The van der Waals surface area contributed by atoms with Crippen LogP contribution in [-0.2, 0) is 6.54 Å². The highest BCUT2D eigenvalue weighted by Crippen LogP contribution is 2.23. The van der Waals surface area contributed by atoms with Crippen LogP contribution in [0.4, 0.5) is 0 Å². The van der Waals surface area contributed by atoms with Gasteiger partial charge in [-0.1, -0.05) is 6.07 Å². The maximum atomic E-state index is 13.0. The van der Waals surface area contributed by atoms with Gasteiger partial charge >= 0.3 is 0 Å². The number of nitrogens with zero attached hydrogens (tertiary/aromatic N) is 3. The van der Waals surface area contributed by atoms with Crippen LogP contribution in [0.25, 0.3) is 10.9 Å². The van der Waals surface area contributed by atoms with E-state index in [0.29, 0.717) is 0 Å². The van der Waals surface area contributed by atoms with Crippen LogP contribution in [0, 0.1) is 13.8 Å². The molecule has 2 aromatic heterocycles. The number of aromatic nitrogens is 3. The Balaban J connectivity index is 1.57. The second-order valence-corrected chi connectivity index (χ2v) is 6.68. The number of carbonyl (C=O) groups is 1. The molecule has 1 saturated heterocycles. The highest BCUT2D eigenvalue weighted by atomic mass is 16.2. The number of aryl methyl sites for hydroxylation is 2. The van der Waals surface area contributed by atoms with Crippen molar-refractivity contribution < 1.29 is 4.79 Å². The standard InChI is InChI=1S/C19H22N4O/c1-13-10-14(2)23(21-13)12-17-4-3-9-22(17)19(24)16-6-5-15-7-8-20-18(15)11-16/h5-8,10-11,17,20H,3-4,9,12H2,1-2H3/t17-/m0/s1. The number of hydrogen-bond acceptors (Lipinski definition) is 2. The van der Waals surface area contributed by atoms with Crippen molar-refractivity contribution in [3.8, 4) is 0 Å². The van der Waals surface area contributed by atoms with E-state index >= 15 is 0 Å². The van der Waals surface area contributed by atoms with Gasteiger partial charge in [-0.2, -0.15) is 5.10 Å². The van der Waals surface area contributed by atoms with E-state index in [9.17, 15) is 4.79 Å². The quantitative estimate of drug-likeness (QED) is 0.804. The molecule has 1 fully saturated rings. The SMILES string of the molecule is Cc1cc(C)n(C[C@@H]2CCCN2C(=O)c2ccc3cc[nH]c3c2)n1. The predicted molar refractivity (Wildman–Crippen MR) is 94.1 cm³/mol. The number of carbonyl (C=O) groups excluding carboxylic acids is 1. The van der Waals surface area contributed by atoms with Crippen molar-refractivity contribution in [1.29, 1.82) is 0 Å². The fraction of sp³-hybridized carbons (Fsp3) is 0.368. The van der Waals surface area contributed by atoms with Crippen LogP contribution in [0.1, 0.15) is 34.6 Å². The Labute approximate surface area is 141 Å². The van der Waals surface area contributed by atoms with Gasteiger partial charge in [-0.25, -0.2) is 0 Å². The average molecular weight is 322 g/mol. The van der Waals surface area contributed by atoms with E-state index in [1.165, 1.54) is 0 Å². The van der Waals surface area contributed by atoms with Gasteiger partial charge < -0.3 is 9.88 Å². The summed E-state index contributed by atoms with van der Waals surface area (Å²) in [6.45, 7) is 5.68. The minimum Gasteiger partial charge on any atom is -0.361 e. The van der Waals surface area contributed by atoms with Crippen LogP contribution in [-0.4, -0.2) is 38.2 Å². The molecule has 0 aliphatic carbocycles. The van der Waals surface area contributed by atoms with Crippen LogP contribution in [0.5, 0.6) is 0 Å². The zero-order valence-electron chi connectivity index (χ0n) is 14.1. The molecule has 0 radical (unpaired) electrons. The van der Waals surface area contributed by atoms with Gasteiger partial charge in [0.25, 0.3) is 5.91 Å². The molecule has 124 valence electrons. The number of likely N-dealkylation sites (tertiary alicyclic amines) is 1. The van der Waals surface area contributed by atoms with E-state index in [-0.39, 0.29) is 11.9 Å². The molecular formula is C19H22N4O. The molecule has 3 aromatic rings. The van der Waals surface area contributed by atoms with E-state index in [1.54, 1.807) is 0 Å². The van der Waals surface area contributed by atoms with Crippen molar-refractivity contribution in [3.05, 3.63) is 53.5 Å². The number of hydrogen-bond donors (Lipinski definition) is 1. The van der Waals surface area contributed by atoms with Crippen LogP contribution in [0.3, 0.4) is 0 Å². The maximum Gasteiger partial charge on any atom is 0.254 e. The Morgan fingerprint density at radius 1 is 1.29 bits per heavy atom. The Morgan fingerprint density at radius 2 is 2.17 bits per heavy atom. The summed E-state index contributed by atoms with van der Waals surface area (Å²) in [4.78, 5) is 18.2. The van der Waals surface area contributed by atoms with Crippen molar-refractivity contribution in [1.82, 2.24) is 19.7 Å². The summed E-state index contributed by atoms with van der Waals surface area (Å²) in [6, 6.07) is 10.2. The van der Waals surface area contributed by atoms with Crippen molar-refractivity contribution in [2.45, 2.75) is 39.3 Å². The van der Waals surface area contributed by atoms with Crippen molar-refractivity contribution in [2.24, 2.45) is 0 Å². The minimum atomic E-state index is 0.121. The fourth-order valence-corrected chi connectivity index (χ4v) is 3.70. The zero-order valence-corrected chi connectivity index (χ0v) is 14.1. The smallest absolute Gasteiger partial charge is 0.254 e. The number of amides is 1. The van der Waals surface area contributed by atoms with Crippen LogP contribution in [0.2, 0.25) is 0 Å². The molecule has 3 heterocycles. The van der Waals surface area contributed by atoms with E-state index in [4.69, 9.17) is 0 Å². The van der Waals surface area contributed by atoms with Gasteiger partial charge in [0.2, 0.25) is 0 Å². The third-order valence-corrected chi connectivity index (χ3v) is 4.93. The lowest BCUT2D eigenvalue weighted by molar-refractivity contribution is 0.0721. The first-order valence-electron chi connectivity index (χ1n) is 8.51. The molecular weight excluding hydrogens is 300 g/mol. The van der Waals surface area contributed by atoms with Gasteiger partial charge in [0.05, 0.1) is 18.3 Å². The fourth-order valence-electron chi connectivity index (χ4n) is 3.70. The molecule has 5 nitrogen and oxygen atoms in total. The molecule has 1 aliphatic heterocycles. The first-order chi connectivity index (χ1) is 11.6. The molecule has 0 bridgehead atoms. The van der Waals surface area contributed by atoms with Crippen LogP contribution < -0.4 is 0 Å². The van der Waals surface area contributed by atoms with Crippen LogP contribution >= 0.6 is 0 Å².